The Balaban J connectivity index is 1.46. The minimum absolute atomic E-state index is 0.0878. The molecule has 0 atom stereocenters. The van der Waals surface area contributed by atoms with Crippen molar-refractivity contribution in [1.82, 2.24) is 4.90 Å². The molecular formula is C27H25ClN2O5. The minimum atomic E-state index is -1.10. The number of carbonyl (C=O) groups is 3. The summed E-state index contributed by atoms with van der Waals surface area (Å²) >= 11 is 6.24. The van der Waals surface area contributed by atoms with Crippen molar-refractivity contribution < 1.29 is 24.2 Å². The van der Waals surface area contributed by atoms with Gasteiger partial charge in [0.1, 0.15) is 13.2 Å². The van der Waals surface area contributed by atoms with Crippen LogP contribution in [0, 0.1) is 0 Å². The predicted octanol–water partition coefficient (Wildman–Crippen LogP) is 5.64. The number of aliphatic carboxylic acids is 1. The van der Waals surface area contributed by atoms with Crippen molar-refractivity contribution >= 4 is 35.3 Å². The SMILES string of the molecule is CCCN(CC(=O)O)C(=O)c1ccc(Cl)c(NC(=O)OCC2c3ccccc3-c3ccccc32)c1. The third-order valence-electron chi connectivity index (χ3n) is 5.90. The number of halogens is 1. The van der Waals surface area contributed by atoms with Gasteiger partial charge in [0.25, 0.3) is 5.91 Å². The summed E-state index contributed by atoms with van der Waals surface area (Å²) in [6.07, 6.45) is -0.0911. The van der Waals surface area contributed by atoms with Gasteiger partial charge in [0.15, 0.2) is 0 Å². The van der Waals surface area contributed by atoms with Gasteiger partial charge >= 0.3 is 12.1 Å². The monoisotopic (exact) mass is 492 g/mol. The number of ether oxygens (including phenoxy) is 1. The molecule has 2 N–H and O–H groups in total. The number of fused-ring (bicyclic) bond motifs is 3. The summed E-state index contributed by atoms with van der Waals surface area (Å²) in [6, 6.07) is 20.5. The van der Waals surface area contributed by atoms with Crippen molar-refractivity contribution in [3.63, 3.8) is 0 Å². The van der Waals surface area contributed by atoms with Crippen LogP contribution < -0.4 is 5.32 Å². The van der Waals surface area contributed by atoms with Crippen LogP contribution in [0.15, 0.2) is 66.7 Å². The molecule has 35 heavy (non-hydrogen) atoms. The van der Waals surface area contributed by atoms with Crippen molar-refractivity contribution in [2.45, 2.75) is 19.3 Å². The quantitative estimate of drug-likeness (QED) is 0.424. The van der Waals surface area contributed by atoms with Crippen molar-refractivity contribution in [2.75, 3.05) is 25.0 Å². The van der Waals surface area contributed by atoms with Gasteiger partial charge in [-0.15, -0.1) is 0 Å². The first-order valence-corrected chi connectivity index (χ1v) is 11.7. The van der Waals surface area contributed by atoms with E-state index >= 15 is 0 Å². The molecule has 0 saturated carbocycles. The van der Waals surface area contributed by atoms with Gasteiger partial charge in [-0.1, -0.05) is 67.1 Å². The lowest BCUT2D eigenvalue weighted by Crippen LogP contribution is -2.36. The molecule has 3 aromatic rings. The van der Waals surface area contributed by atoms with Crippen LogP contribution in [0.1, 0.15) is 40.7 Å². The van der Waals surface area contributed by atoms with E-state index < -0.39 is 24.5 Å². The third kappa shape index (κ3) is 5.30. The van der Waals surface area contributed by atoms with Gasteiger partial charge < -0.3 is 14.7 Å². The molecule has 7 nitrogen and oxygen atoms in total. The van der Waals surface area contributed by atoms with Gasteiger partial charge in [0.05, 0.1) is 10.7 Å². The lowest BCUT2D eigenvalue weighted by Gasteiger charge is -2.20. The van der Waals surface area contributed by atoms with E-state index in [0.717, 1.165) is 22.3 Å². The minimum Gasteiger partial charge on any atom is -0.480 e. The number of carboxylic acid groups (broad SMARTS) is 1. The third-order valence-corrected chi connectivity index (χ3v) is 6.23. The molecule has 0 bridgehead atoms. The van der Waals surface area contributed by atoms with E-state index in [4.69, 9.17) is 21.4 Å². The van der Waals surface area contributed by atoms with Crippen LogP contribution in [0.4, 0.5) is 10.5 Å². The van der Waals surface area contributed by atoms with Crippen LogP contribution in [-0.4, -0.2) is 47.7 Å². The van der Waals surface area contributed by atoms with E-state index in [1.807, 2.05) is 43.3 Å². The molecule has 0 radical (unpaired) electrons. The average Bonchev–Trinajstić information content (AvgIpc) is 3.17. The van der Waals surface area contributed by atoms with Crippen LogP contribution in [0.25, 0.3) is 11.1 Å². The fourth-order valence-corrected chi connectivity index (χ4v) is 4.53. The number of rotatable bonds is 8. The molecule has 8 heteroatoms. The number of carbonyl (C=O) groups excluding carboxylic acids is 2. The molecule has 2 amide bonds. The fourth-order valence-electron chi connectivity index (χ4n) is 4.37. The maximum absolute atomic E-state index is 12.8. The molecule has 0 aromatic heterocycles. The average molecular weight is 493 g/mol. The van der Waals surface area contributed by atoms with Gasteiger partial charge in [0.2, 0.25) is 0 Å². The lowest BCUT2D eigenvalue weighted by molar-refractivity contribution is -0.137. The number of anilines is 1. The molecule has 1 aliphatic rings. The van der Waals surface area contributed by atoms with Gasteiger partial charge in [-0.2, -0.15) is 0 Å². The summed E-state index contributed by atoms with van der Waals surface area (Å²) in [5, 5.41) is 11.9. The molecule has 0 saturated heterocycles. The Morgan fingerprint density at radius 2 is 1.63 bits per heavy atom. The van der Waals surface area contributed by atoms with Crippen LogP contribution >= 0.6 is 11.6 Å². The summed E-state index contributed by atoms with van der Waals surface area (Å²) in [6.45, 7) is 1.88. The standard InChI is InChI=1S/C27H25ClN2O5/c1-2-13-30(15-25(31)32)26(33)17-11-12-23(28)24(14-17)29-27(34)35-16-22-20-9-5-3-7-18(20)19-8-4-6-10-21(19)22/h3-12,14,22H,2,13,15-16H2,1H3,(H,29,34)(H,31,32). The molecule has 0 unspecified atom stereocenters. The van der Waals surface area contributed by atoms with Gasteiger partial charge in [0, 0.05) is 18.0 Å². The van der Waals surface area contributed by atoms with Gasteiger partial charge in [-0.25, -0.2) is 4.79 Å². The van der Waals surface area contributed by atoms with E-state index in [2.05, 4.69) is 17.4 Å². The zero-order valence-corrected chi connectivity index (χ0v) is 19.9. The Labute approximate surface area is 208 Å². The van der Waals surface area contributed by atoms with Gasteiger partial charge in [-0.3, -0.25) is 14.9 Å². The van der Waals surface area contributed by atoms with Crippen LogP contribution in [0.2, 0.25) is 5.02 Å². The van der Waals surface area contributed by atoms with Crippen molar-refractivity contribution in [3.8, 4) is 11.1 Å². The number of hydrogen-bond acceptors (Lipinski definition) is 4. The van der Waals surface area contributed by atoms with Gasteiger partial charge in [-0.05, 0) is 46.9 Å². The summed E-state index contributed by atoms with van der Waals surface area (Å²) in [5.74, 6) is -1.64. The summed E-state index contributed by atoms with van der Waals surface area (Å²) in [5.41, 5.74) is 4.89. The Morgan fingerprint density at radius 3 is 2.23 bits per heavy atom. The number of nitrogens with zero attached hydrogens (tertiary/aromatic N) is 1. The van der Waals surface area contributed by atoms with Crippen molar-refractivity contribution in [3.05, 3.63) is 88.4 Å². The summed E-state index contributed by atoms with van der Waals surface area (Å²) in [7, 11) is 0. The van der Waals surface area contributed by atoms with Crippen LogP contribution in [-0.2, 0) is 9.53 Å². The van der Waals surface area contributed by atoms with E-state index in [1.165, 1.54) is 23.1 Å². The molecule has 4 rings (SSSR count). The summed E-state index contributed by atoms with van der Waals surface area (Å²) in [4.78, 5) is 37.8. The second-order valence-electron chi connectivity index (χ2n) is 8.27. The van der Waals surface area contributed by atoms with E-state index in [-0.39, 0.29) is 28.8 Å². The zero-order valence-electron chi connectivity index (χ0n) is 19.2. The predicted molar refractivity (Wildman–Crippen MR) is 134 cm³/mol. The topological polar surface area (TPSA) is 95.9 Å². The molecule has 3 aromatic carbocycles. The highest BCUT2D eigenvalue weighted by molar-refractivity contribution is 6.33. The molecule has 0 spiro atoms. The van der Waals surface area contributed by atoms with Crippen LogP contribution in [0.3, 0.4) is 0 Å². The fraction of sp³-hybridized carbons (Fsp3) is 0.222. The maximum Gasteiger partial charge on any atom is 0.411 e. The first-order chi connectivity index (χ1) is 16.9. The van der Waals surface area contributed by atoms with Crippen molar-refractivity contribution in [2.24, 2.45) is 0 Å². The Kier molecular flexibility index (Phi) is 7.36. The highest BCUT2D eigenvalue weighted by atomic mass is 35.5. The lowest BCUT2D eigenvalue weighted by atomic mass is 9.98. The van der Waals surface area contributed by atoms with Crippen molar-refractivity contribution in [1.29, 1.82) is 0 Å². The number of nitrogens with one attached hydrogen (secondary N) is 1. The molecule has 0 aliphatic heterocycles. The number of amides is 2. The Hall–Kier alpha value is -3.84. The smallest absolute Gasteiger partial charge is 0.411 e. The number of hydrogen-bond donors (Lipinski definition) is 2. The number of benzene rings is 3. The largest absolute Gasteiger partial charge is 0.480 e. The second kappa shape index (κ2) is 10.6. The second-order valence-corrected chi connectivity index (χ2v) is 8.67. The zero-order chi connectivity index (χ0) is 24.9. The molecule has 0 fully saturated rings. The normalized spacial score (nSPS) is 11.9. The molecular weight excluding hydrogens is 468 g/mol. The summed E-state index contributed by atoms with van der Waals surface area (Å²) < 4.78 is 5.56. The first-order valence-electron chi connectivity index (χ1n) is 11.3. The highest BCUT2D eigenvalue weighted by Crippen LogP contribution is 2.44. The maximum atomic E-state index is 12.8. The van der Waals surface area contributed by atoms with E-state index in [0.29, 0.717) is 13.0 Å². The number of carboxylic acids is 1. The Morgan fingerprint density at radius 1 is 1.00 bits per heavy atom. The molecule has 180 valence electrons. The first kappa shape index (κ1) is 24.3. The van der Waals surface area contributed by atoms with E-state index in [9.17, 15) is 14.4 Å². The Bertz CT molecular complexity index is 1230. The van der Waals surface area contributed by atoms with Crippen LogP contribution in [0.5, 0.6) is 0 Å². The van der Waals surface area contributed by atoms with E-state index in [1.54, 1.807) is 0 Å². The molecule has 1 aliphatic carbocycles. The highest BCUT2D eigenvalue weighted by Gasteiger charge is 2.29. The molecule has 0 heterocycles.